The summed E-state index contributed by atoms with van der Waals surface area (Å²) in [6.45, 7) is 3.24. The molecular formula is C18H19N3O3. The topological polar surface area (TPSA) is 84.1 Å². The molecule has 0 saturated carbocycles. The fraction of sp³-hybridized carbons (Fsp3) is 0.222. The van der Waals surface area contributed by atoms with Gasteiger partial charge in [0.15, 0.2) is 0 Å². The number of azo groups is 1. The summed E-state index contributed by atoms with van der Waals surface area (Å²) in [5.41, 5.74) is 2.34. The van der Waals surface area contributed by atoms with Crippen LogP contribution in [0, 0.1) is 0 Å². The third kappa shape index (κ3) is 5.01. The van der Waals surface area contributed by atoms with Gasteiger partial charge in [-0.2, -0.15) is 5.11 Å². The molecule has 6 nitrogen and oxygen atoms in total. The van der Waals surface area contributed by atoms with E-state index in [1.165, 1.54) is 6.92 Å². The van der Waals surface area contributed by atoms with Crippen molar-refractivity contribution in [2.45, 2.75) is 20.3 Å². The van der Waals surface area contributed by atoms with Gasteiger partial charge in [-0.3, -0.25) is 4.98 Å². The number of ether oxygens (including phenoxy) is 1. The zero-order chi connectivity index (χ0) is 17.4. The molecule has 24 heavy (non-hydrogen) atoms. The molecule has 0 spiro atoms. The second-order valence-electron chi connectivity index (χ2n) is 5.02. The van der Waals surface area contributed by atoms with E-state index in [1.54, 1.807) is 19.2 Å². The molecule has 0 radical (unpaired) electrons. The molecule has 0 atom stereocenters. The molecule has 0 fully saturated rings. The maximum atomic E-state index is 11.7. The Balaban J connectivity index is 2.16. The number of aromatic nitrogens is 1. The van der Waals surface area contributed by atoms with Crippen molar-refractivity contribution in [3.8, 4) is 0 Å². The minimum Gasteiger partial charge on any atom is -0.510 e. The molecule has 0 aliphatic carbocycles. The highest BCUT2D eigenvalue weighted by molar-refractivity contribution is 5.88. The van der Waals surface area contributed by atoms with Gasteiger partial charge in [-0.05, 0) is 43.7 Å². The van der Waals surface area contributed by atoms with Crippen molar-refractivity contribution >= 4 is 11.7 Å². The molecule has 124 valence electrons. The number of rotatable bonds is 6. The van der Waals surface area contributed by atoms with Gasteiger partial charge in [0.25, 0.3) is 0 Å². The van der Waals surface area contributed by atoms with Crippen LogP contribution in [0.25, 0.3) is 0 Å². The summed E-state index contributed by atoms with van der Waals surface area (Å²) in [5.74, 6) is -0.937. The fourth-order valence-corrected chi connectivity index (χ4v) is 2.01. The average molecular weight is 325 g/mol. The monoisotopic (exact) mass is 325 g/mol. The fourth-order valence-electron chi connectivity index (χ4n) is 2.01. The van der Waals surface area contributed by atoms with E-state index in [2.05, 4.69) is 15.2 Å². The van der Waals surface area contributed by atoms with Gasteiger partial charge in [0, 0.05) is 18.3 Å². The normalized spacial score (nSPS) is 12.1. The summed E-state index contributed by atoms with van der Waals surface area (Å²) in [4.78, 5) is 16.0. The summed E-state index contributed by atoms with van der Waals surface area (Å²) < 4.78 is 4.84. The SMILES string of the molecule is CCOC(=O)C(N=Nc1cccc(Cc2ccccn2)c1)=C(C)O. The van der Waals surface area contributed by atoms with Gasteiger partial charge in [0.1, 0.15) is 5.76 Å². The Bertz CT molecular complexity index is 751. The number of carbonyl (C=O) groups excluding carboxylic acids is 1. The lowest BCUT2D eigenvalue weighted by Gasteiger charge is -2.03. The van der Waals surface area contributed by atoms with Crippen molar-refractivity contribution in [2.24, 2.45) is 10.2 Å². The first-order valence-electron chi connectivity index (χ1n) is 7.57. The van der Waals surface area contributed by atoms with E-state index in [4.69, 9.17) is 4.74 Å². The molecule has 2 aromatic rings. The summed E-state index contributed by atoms with van der Waals surface area (Å²) in [6.07, 6.45) is 2.42. The summed E-state index contributed by atoms with van der Waals surface area (Å²) in [7, 11) is 0. The van der Waals surface area contributed by atoms with Gasteiger partial charge in [-0.25, -0.2) is 4.79 Å². The van der Waals surface area contributed by atoms with Gasteiger partial charge in [-0.15, -0.1) is 5.11 Å². The number of allylic oxidation sites excluding steroid dienone is 1. The van der Waals surface area contributed by atoms with E-state index in [0.717, 1.165) is 11.3 Å². The molecule has 0 aliphatic heterocycles. The molecule has 2 rings (SSSR count). The Morgan fingerprint density at radius 3 is 2.75 bits per heavy atom. The van der Waals surface area contributed by atoms with E-state index in [0.29, 0.717) is 12.1 Å². The second kappa shape index (κ2) is 8.57. The van der Waals surface area contributed by atoms with Crippen molar-refractivity contribution in [1.82, 2.24) is 4.98 Å². The number of hydrogen-bond donors (Lipinski definition) is 1. The highest BCUT2D eigenvalue weighted by Gasteiger charge is 2.13. The molecule has 1 aromatic carbocycles. The Morgan fingerprint density at radius 2 is 2.08 bits per heavy atom. The lowest BCUT2D eigenvalue weighted by atomic mass is 10.1. The maximum absolute atomic E-state index is 11.7. The molecular weight excluding hydrogens is 306 g/mol. The molecule has 1 N–H and O–H groups in total. The van der Waals surface area contributed by atoms with Crippen LogP contribution in [-0.4, -0.2) is 22.7 Å². The number of carbonyl (C=O) groups is 1. The van der Waals surface area contributed by atoms with Crippen LogP contribution in [-0.2, 0) is 16.0 Å². The molecule has 1 aromatic heterocycles. The van der Waals surface area contributed by atoms with Crippen LogP contribution in [0.3, 0.4) is 0 Å². The average Bonchev–Trinajstić information content (AvgIpc) is 2.56. The highest BCUT2D eigenvalue weighted by Crippen LogP contribution is 2.19. The van der Waals surface area contributed by atoms with Crippen molar-refractivity contribution in [3.05, 3.63) is 71.4 Å². The molecule has 0 aliphatic rings. The van der Waals surface area contributed by atoms with Gasteiger partial charge in [-0.1, -0.05) is 18.2 Å². The van der Waals surface area contributed by atoms with Crippen LogP contribution >= 0.6 is 0 Å². The number of pyridine rings is 1. The largest absolute Gasteiger partial charge is 0.510 e. The Morgan fingerprint density at radius 1 is 1.25 bits per heavy atom. The van der Waals surface area contributed by atoms with Crippen molar-refractivity contribution in [3.63, 3.8) is 0 Å². The highest BCUT2D eigenvalue weighted by atomic mass is 16.5. The molecule has 0 amide bonds. The number of nitrogens with zero attached hydrogens (tertiary/aromatic N) is 3. The minimum atomic E-state index is -0.703. The molecule has 0 saturated heterocycles. The number of aliphatic hydroxyl groups is 1. The number of benzene rings is 1. The number of esters is 1. The van der Waals surface area contributed by atoms with Gasteiger partial charge < -0.3 is 9.84 Å². The first-order chi connectivity index (χ1) is 11.6. The Kier molecular flexibility index (Phi) is 6.19. The summed E-state index contributed by atoms with van der Waals surface area (Å²) in [6, 6.07) is 13.2. The third-order valence-corrected chi connectivity index (χ3v) is 3.10. The standard InChI is InChI=1S/C18H19N3O3/c1-3-24-18(23)17(13(2)22)21-20-16-9-6-7-14(12-16)11-15-8-4-5-10-19-15/h4-10,12,22H,3,11H2,1-2H3. The predicted octanol–water partition coefficient (Wildman–Crippen LogP) is 4.11. The predicted molar refractivity (Wildman–Crippen MR) is 90.0 cm³/mol. The van der Waals surface area contributed by atoms with Crippen LogP contribution < -0.4 is 0 Å². The van der Waals surface area contributed by atoms with Crippen molar-refractivity contribution < 1.29 is 14.6 Å². The van der Waals surface area contributed by atoms with Crippen LogP contribution in [0.15, 0.2) is 70.3 Å². The molecule has 0 bridgehead atoms. The van der Waals surface area contributed by atoms with Crippen molar-refractivity contribution in [2.75, 3.05) is 6.61 Å². The van der Waals surface area contributed by atoms with E-state index in [-0.39, 0.29) is 18.1 Å². The Labute approximate surface area is 140 Å². The lowest BCUT2D eigenvalue weighted by Crippen LogP contribution is -2.07. The quantitative estimate of drug-likeness (QED) is 0.375. The molecule has 6 heteroatoms. The van der Waals surface area contributed by atoms with E-state index >= 15 is 0 Å². The second-order valence-corrected chi connectivity index (χ2v) is 5.02. The first kappa shape index (κ1) is 17.3. The van der Waals surface area contributed by atoms with E-state index in [9.17, 15) is 9.90 Å². The van der Waals surface area contributed by atoms with Crippen LogP contribution in [0.4, 0.5) is 5.69 Å². The van der Waals surface area contributed by atoms with Crippen molar-refractivity contribution in [1.29, 1.82) is 0 Å². The van der Waals surface area contributed by atoms with Crippen LogP contribution in [0.1, 0.15) is 25.1 Å². The van der Waals surface area contributed by atoms with Gasteiger partial charge >= 0.3 is 5.97 Å². The molecule has 0 unspecified atom stereocenters. The van der Waals surface area contributed by atoms with Crippen LogP contribution in [0.5, 0.6) is 0 Å². The minimum absolute atomic E-state index is 0.199. The molecule has 1 heterocycles. The zero-order valence-electron chi connectivity index (χ0n) is 13.6. The first-order valence-corrected chi connectivity index (χ1v) is 7.57. The van der Waals surface area contributed by atoms with E-state index in [1.807, 2.05) is 36.4 Å². The van der Waals surface area contributed by atoms with Gasteiger partial charge in [0.05, 0.1) is 12.3 Å². The smallest absolute Gasteiger partial charge is 0.362 e. The lowest BCUT2D eigenvalue weighted by molar-refractivity contribution is -0.138. The number of hydrogen-bond acceptors (Lipinski definition) is 6. The van der Waals surface area contributed by atoms with Crippen LogP contribution in [0.2, 0.25) is 0 Å². The zero-order valence-corrected chi connectivity index (χ0v) is 13.6. The van der Waals surface area contributed by atoms with Gasteiger partial charge in [0.2, 0.25) is 5.70 Å². The third-order valence-electron chi connectivity index (χ3n) is 3.10. The summed E-state index contributed by atoms with van der Waals surface area (Å²) >= 11 is 0. The number of aliphatic hydroxyl groups excluding tert-OH is 1. The van der Waals surface area contributed by atoms with E-state index < -0.39 is 5.97 Å². The summed E-state index contributed by atoms with van der Waals surface area (Å²) in [5, 5.41) is 17.4. The maximum Gasteiger partial charge on any atom is 0.362 e. The Hall–Kier alpha value is -3.02.